The molecule has 0 unspecified atom stereocenters. The lowest BCUT2D eigenvalue weighted by Crippen LogP contribution is -1.71. The van der Waals surface area contributed by atoms with Crippen molar-refractivity contribution in [2.45, 2.75) is 19.8 Å². The molecule has 0 saturated heterocycles. The Morgan fingerprint density at radius 1 is 1.56 bits per heavy atom. The summed E-state index contributed by atoms with van der Waals surface area (Å²) >= 11 is 11.7. The van der Waals surface area contributed by atoms with Gasteiger partial charge in [-0.15, -0.1) is 0 Å². The summed E-state index contributed by atoms with van der Waals surface area (Å²) in [7, 11) is 0. The van der Waals surface area contributed by atoms with Crippen molar-refractivity contribution in [3.63, 3.8) is 0 Å². The molecule has 0 atom stereocenters. The molecule has 1 nitrogen and oxygen atoms in total. The quantitative estimate of drug-likeness (QED) is 0.509. The molecule has 0 aromatic rings. The van der Waals surface area contributed by atoms with Crippen molar-refractivity contribution in [2.75, 3.05) is 5.75 Å². The van der Waals surface area contributed by atoms with Gasteiger partial charge in [0.1, 0.15) is 0 Å². The Morgan fingerprint density at radius 3 is 2.44 bits per heavy atom. The molecule has 0 radical (unpaired) electrons. The number of hydrogen-bond acceptors (Lipinski definition) is 2. The standard InChI is InChI=1S/C4H9Cl2OPS/c1-2-3-4-9-8(5,6)7/h2-4H2,1H3. The zero-order valence-corrected chi connectivity index (χ0v) is 8.36. The van der Waals surface area contributed by atoms with E-state index in [1.165, 1.54) is 0 Å². The third kappa shape index (κ3) is 9.16. The predicted octanol–water partition coefficient (Wildman–Crippen LogP) is 4.11. The molecule has 0 aromatic heterocycles. The van der Waals surface area contributed by atoms with Gasteiger partial charge < -0.3 is 0 Å². The summed E-state index contributed by atoms with van der Waals surface area (Å²) in [5, 5.41) is -2.83. The second-order valence-corrected chi connectivity index (χ2v) is 9.99. The molecule has 0 aromatic carbocycles. The molecule has 56 valence electrons. The van der Waals surface area contributed by atoms with Crippen LogP contribution in [0.15, 0.2) is 0 Å². The molecule has 0 aliphatic heterocycles. The highest BCUT2D eigenvalue weighted by Gasteiger charge is 2.12. The number of rotatable bonds is 4. The lowest BCUT2D eigenvalue weighted by atomic mass is 10.4. The van der Waals surface area contributed by atoms with Crippen LogP contribution in [0.2, 0.25) is 0 Å². The zero-order valence-electron chi connectivity index (χ0n) is 5.14. The molecule has 0 fully saturated rings. The number of hydrogen-bond donors (Lipinski definition) is 0. The van der Waals surface area contributed by atoms with E-state index in [1.54, 1.807) is 0 Å². The van der Waals surface area contributed by atoms with Crippen molar-refractivity contribution in [3.8, 4) is 0 Å². The maximum Gasteiger partial charge on any atom is 0.307 e. The molecule has 0 bridgehead atoms. The van der Waals surface area contributed by atoms with Crippen LogP contribution in [-0.4, -0.2) is 5.75 Å². The molecule has 0 heterocycles. The first-order chi connectivity index (χ1) is 4.06. The molecular formula is C4H9Cl2OPS. The van der Waals surface area contributed by atoms with Gasteiger partial charge in [0.05, 0.1) is 0 Å². The first-order valence-corrected chi connectivity index (χ1v) is 7.81. The van der Waals surface area contributed by atoms with E-state index in [4.69, 9.17) is 22.5 Å². The first-order valence-electron chi connectivity index (χ1n) is 2.70. The van der Waals surface area contributed by atoms with Crippen LogP contribution in [0.25, 0.3) is 0 Å². The van der Waals surface area contributed by atoms with Crippen LogP contribution in [-0.2, 0) is 4.57 Å². The molecule has 0 N–H and O–H groups in total. The van der Waals surface area contributed by atoms with Crippen LogP contribution in [0.5, 0.6) is 0 Å². The lowest BCUT2D eigenvalue weighted by Gasteiger charge is -1.97. The Balaban J connectivity index is 3.18. The Labute approximate surface area is 69.2 Å². The summed E-state index contributed by atoms with van der Waals surface area (Å²) in [5.41, 5.74) is 0. The highest BCUT2D eigenvalue weighted by molar-refractivity contribution is 8.72. The van der Waals surface area contributed by atoms with Crippen molar-refractivity contribution >= 4 is 38.9 Å². The van der Waals surface area contributed by atoms with Crippen molar-refractivity contribution in [1.82, 2.24) is 0 Å². The van der Waals surface area contributed by atoms with E-state index in [2.05, 4.69) is 6.92 Å². The largest absolute Gasteiger partial charge is 0.307 e. The highest BCUT2D eigenvalue weighted by Crippen LogP contribution is 2.67. The second kappa shape index (κ2) is 4.90. The van der Waals surface area contributed by atoms with Crippen LogP contribution in [0.1, 0.15) is 19.8 Å². The van der Waals surface area contributed by atoms with Gasteiger partial charge in [0.2, 0.25) is 0 Å². The maximum atomic E-state index is 10.6. The average molecular weight is 207 g/mol. The minimum atomic E-state index is -2.83. The van der Waals surface area contributed by atoms with E-state index >= 15 is 0 Å². The van der Waals surface area contributed by atoms with Gasteiger partial charge in [0.25, 0.3) is 0 Å². The van der Waals surface area contributed by atoms with Crippen molar-refractivity contribution in [1.29, 1.82) is 0 Å². The monoisotopic (exact) mass is 206 g/mol. The highest BCUT2D eigenvalue weighted by atomic mass is 35.9. The summed E-state index contributed by atoms with van der Waals surface area (Å²) in [4.78, 5) is 0. The average Bonchev–Trinajstić information content (AvgIpc) is 1.63. The third-order valence-electron chi connectivity index (χ3n) is 0.739. The molecule has 0 aliphatic carbocycles. The van der Waals surface area contributed by atoms with Gasteiger partial charge in [0, 0.05) is 5.75 Å². The van der Waals surface area contributed by atoms with Gasteiger partial charge in [-0.3, -0.25) is 4.57 Å². The fourth-order valence-corrected chi connectivity index (χ4v) is 3.21. The Hall–Kier alpha value is 1.16. The van der Waals surface area contributed by atoms with Crippen LogP contribution in [0.4, 0.5) is 0 Å². The summed E-state index contributed by atoms with van der Waals surface area (Å²) in [5.74, 6) is 0.792. The first kappa shape index (κ1) is 10.2. The topological polar surface area (TPSA) is 17.1 Å². The summed E-state index contributed by atoms with van der Waals surface area (Å²) in [6.07, 6.45) is 2.11. The second-order valence-electron chi connectivity index (χ2n) is 1.60. The van der Waals surface area contributed by atoms with Crippen molar-refractivity contribution in [2.24, 2.45) is 0 Å². The summed E-state index contributed by atoms with van der Waals surface area (Å²) < 4.78 is 10.6. The molecule has 0 saturated carbocycles. The minimum absolute atomic E-state index is 0.792. The number of halogens is 2. The Kier molecular flexibility index (Phi) is 5.53. The van der Waals surface area contributed by atoms with Crippen LogP contribution < -0.4 is 0 Å². The fraction of sp³-hybridized carbons (Fsp3) is 1.00. The van der Waals surface area contributed by atoms with Gasteiger partial charge in [-0.2, -0.15) is 0 Å². The van der Waals surface area contributed by atoms with Crippen molar-refractivity contribution < 1.29 is 4.57 Å². The molecule has 0 rings (SSSR count). The Morgan fingerprint density at radius 2 is 2.11 bits per heavy atom. The molecule has 5 heteroatoms. The molecule has 0 amide bonds. The maximum absolute atomic E-state index is 10.6. The molecular weight excluding hydrogens is 198 g/mol. The van der Waals surface area contributed by atoms with Crippen LogP contribution in [0.3, 0.4) is 0 Å². The Bertz CT molecular complexity index is 113. The van der Waals surface area contributed by atoms with Gasteiger partial charge in [-0.05, 0) is 28.9 Å². The van der Waals surface area contributed by atoms with E-state index < -0.39 is 5.05 Å². The van der Waals surface area contributed by atoms with Crippen LogP contribution in [0, 0.1) is 0 Å². The summed E-state index contributed by atoms with van der Waals surface area (Å²) in [6, 6.07) is 0. The minimum Gasteiger partial charge on any atom is -0.277 e. The zero-order chi connectivity index (χ0) is 7.33. The van der Waals surface area contributed by atoms with Gasteiger partial charge in [0.15, 0.2) is 0 Å². The van der Waals surface area contributed by atoms with E-state index in [0.717, 1.165) is 30.0 Å². The molecule has 0 aliphatic rings. The third-order valence-corrected chi connectivity index (χ3v) is 4.72. The lowest BCUT2D eigenvalue weighted by molar-refractivity contribution is 0.600. The summed E-state index contributed by atoms with van der Waals surface area (Å²) in [6.45, 7) is 2.06. The normalized spacial score (nSPS) is 11.9. The fourth-order valence-electron chi connectivity index (χ4n) is 0.315. The van der Waals surface area contributed by atoms with Gasteiger partial charge in [-0.1, -0.05) is 24.7 Å². The van der Waals surface area contributed by atoms with E-state index in [9.17, 15) is 4.57 Å². The molecule has 9 heavy (non-hydrogen) atoms. The van der Waals surface area contributed by atoms with Crippen LogP contribution >= 0.6 is 38.9 Å². The molecule has 0 spiro atoms. The van der Waals surface area contributed by atoms with Crippen molar-refractivity contribution in [3.05, 3.63) is 0 Å². The van der Waals surface area contributed by atoms with E-state index in [1.807, 2.05) is 0 Å². The van der Waals surface area contributed by atoms with E-state index in [0.29, 0.717) is 0 Å². The SMILES string of the molecule is CCCCSP(=O)(Cl)Cl. The van der Waals surface area contributed by atoms with Gasteiger partial charge in [-0.25, -0.2) is 0 Å². The predicted molar refractivity (Wildman–Crippen MR) is 46.7 cm³/mol. The number of unbranched alkanes of at least 4 members (excludes halogenated alkanes) is 1. The smallest absolute Gasteiger partial charge is 0.277 e. The van der Waals surface area contributed by atoms with E-state index in [-0.39, 0.29) is 0 Å². The van der Waals surface area contributed by atoms with Gasteiger partial charge >= 0.3 is 5.05 Å².